The molecule has 0 aliphatic heterocycles. The molecule has 0 saturated heterocycles. The molecule has 1 atom stereocenters. The summed E-state index contributed by atoms with van der Waals surface area (Å²) >= 11 is 5.30. The van der Waals surface area contributed by atoms with Crippen molar-refractivity contribution in [3.63, 3.8) is 0 Å². The van der Waals surface area contributed by atoms with E-state index in [4.69, 9.17) is 5.84 Å². The Balaban J connectivity index is 2.00. The van der Waals surface area contributed by atoms with Gasteiger partial charge in [-0.15, -0.1) is 0 Å². The quantitative estimate of drug-likeness (QED) is 0.656. The molecule has 0 amide bonds. The zero-order valence-corrected chi connectivity index (χ0v) is 11.1. The Kier molecular flexibility index (Phi) is 4.20. The maximum Gasteiger partial charge on any atom is 0.0482 e. The summed E-state index contributed by atoms with van der Waals surface area (Å²) in [6.45, 7) is 0. The van der Waals surface area contributed by atoms with Crippen molar-refractivity contribution in [1.29, 1.82) is 0 Å². The third kappa shape index (κ3) is 2.81. The summed E-state index contributed by atoms with van der Waals surface area (Å²) in [7, 11) is 0. The van der Waals surface area contributed by atoms with Crippen LogP contribution in [0, 0.1) is 5.92 Å². The topological polar surface area (TPSA) is 38.0 Å². The molecule has 0 radical (unpaired) electrons. The highest BCUT2D eigenvalue weighted by atomic mass is 79.9. The SMILES string of the molecule is NNC(CC1CCCC1)c1cscc1Br. The summed E-state index contributed by atoms with van der Waals surface area (Å²) in [5.74, 6) is 6.50. The van der Waals surface area contributed by atoms with Gasteiger partial charge < -0.3 is 0 Å². The zero-order chi connectivity index (χ0) is 10.7. The molecule has 1 saturated carbocycles. The van der Waals surface area contributed by atoms with Crippen molar-refractivity contribution in [1.82, 2.24) is 5.43 Å². The molecule has 15 heavy (non-hydrogen) atoms. The predicted molar refractivity (Wildman–Crippen MR) is 68.7 cm³/mol. The van der Waals surface area contributed by atoms with E-state index in [-0.39, 0.29) is 0 Å². The van der Waals surface area contributed by atoms with Crippen LogP contribution >= 0.6 is 27.3 Å². The number of thiophene rings is 1. The Bertz CT molecular complexity index is 307. The van der Waals surface area contributed by atoms with Gasteiger partial charge in [0.2, 0.25) is 0 Å². The van der Waals surface area contributed by atoms with E-state index >= 15 is 0 Å². The molecule has 0 bridgehead atoms. The Morgan fingerprint density at radius 3 is 2.73 bits per heavy atom. The molecular weight excluding hydrogens is 272 g/mol. The highest BCUT2D eigenvalue weighted by Crippen LogP contribution is 2.35. The van der Waals surface area contributed by atoms with Crippen LogP contribution in [0.2, 0.25) is 0 Å². The van der Waals surface area contributed by atoms with Gasteiger partial charge in [0.1, 0.15) is 0 Å². The predicted octanol–water partition coefficient (Wildman–Crippen LogP) is 3.60. The fraction of sp³-hybridized carbons (Fsp3) is 0.636. The summed E-state index contributed by atoms with van der Waals surface area (Å²) in [6, 6.07) is 0.314. The van der Waals surface area contributed by atoms with Gasteiger partial charge in [-0.2, -0.15) is 11.3 Å². The van der Waals surface area contributed by atoms with Crippen LogP contribution in [0.15, 0.2) is 15.2 Å². The second kappa shape index (κ2) is 5.43. The second-order valence-corrected chi connectivity index (χ2v) is 5.88. The average Bonchev–Trinajstić information content (AvgIpc) is 2.85. The first-order valence-corrected chi connectivity index (χ1v) is 7.22. The summed E-state index contributed by atoms with van der Waals surface area (Å²) < 4.78 is 1.19. The van der Waals surface area contributed by atoms with Crippen molar-refractivity contribution in [2.45, 2.75) is 38.1 Å². The first-order valence-electron chi connectivity index (χ1n) is 5.49. The van der Waals surface area contributed by atoms with Crippen LogP contribution in [0.4, 0.5) is 0 Å². The van der Waals surface area contributed by atoms with Crippen LogP contribution in [0.5, 0.6) is 0 Å². The third-order valence-electron chi connectivity index (χ3n) is 3.26. The molecule has 1 aromatic rings. The number of nitrogens with two attached hydrogens (primary N) is 1. The Morgan fingerprint density at radius 1 is 1.47 bits per heavy atom. The number of nitrogens with one attached hydrogen (secondary N) is 1. The largest absolute Gasteiger partial charge is 0.271 e. The van der Waals surface area contributed by atoms with E-state index in [0.717, 1.165) is 5.92 Å². The fourth-order valence-electron chi connectivity index (χ4n) is 2.40. The monoisotopic (exact) mass is 288 g/mol. The summed E-state index contributed by atoms with van der Waals surface area (Å²) in [5.41, 5.74) is 4.26. The average molecular weight is 289 g/mol. The molecule has 2 rings (SSSR count). The molecule has 1 aliphatic rings. The lowest BCUT2D eigenvalue weighted by Gasteiger charge is -2.19. The minimum Gasteiger partial charge on any atom is -0.271 e. The van der Waals surface area contributed by atoms with Crippen LogP contribution in [0.25, 0.3) is 0 Å². The molecule has 1 unspecified atom stereocenters. The van der Waals surface area contributed by atoms with Crippen LogP contribution in [-0.4, -0.2) is 0 Å². The van der Waals surface area contributed by atoms with Gasteiger partial charge in [-0.3, -0.25) is 11.3 Å². The lowest BCUT2D eigenvalue weighted by atomic mass is 9.95. The van der Waals surface area contributed by atoms with E-state index in [1.807, 2.05) is 0 Å². The van der Waals surface area contributed by atoms with Crippen molar-refractivity contribution >= 4 is 27.3 Å². The van der Waals surface area contributed by atoms with Gasteiger partial charge in [0, 0.05) is 15.9 Å². The Hall–Kier alpha value is 0.100. The van der Waals surface area contributed by atoms with E-state index in [2.05, 4.69) is 32.1 Å². The molecule has 1 fully saturated rings. The van der Waals surface area contributed by atoms with E-state index in [9.17, 15) is 0 Å². The molecule has 84 valence electrons. The number of rotatable bonds is 4. The number of hydrogen-bond donors (Lipinski definition) is 2. The highest BCUT2D eigenvalue weighted by Gasteiger charge is 2.22. The summed E-state index contributed by atoms with van der Waals surface area (Å²) in [5, 5.41) is 4.30. The Labute approximate surface area is 103 Å². The molecule has 1 aliphatic carbocycles. The smallest absolute Gasteiger partial charge is 0.0482 e. The van der Waals surface area contributed by atoms with Crippen molar-refractivity contribution < 1.29 is 0 Å². The highest BCUT2D eigenvalue weighted by molar-refractivity contribution is 9.10. The number of halogens is 1. The lowest BCUT2D eigenvalue weighted by Crippen LogP contribution is -2.29. The normalized spacial score (nSPS) is 19.6. The van der Waals surface area contributed by atoms with Crippen molar-refractivity contribution in [3.8, 4) is 0 Å². The number of hydrazine groups is 1. The van der Waals surface area contributed by atoms with Gasteiger partial charge in [0.25, 0.3) is 0 Å². The van der Waals surface area contributed by atoms with Gasteiger partial charge in [-0.25, -0.2) is 0 Å². The first-order chi connectivity index (χ1) is 7.31. The van der Waals surface area contributed by atoms with Gasteiger partial charge >= 0.3 is 0 Å². The van der Waals surface area contributed by atoms with Gasteiger partial charge in [0.15, 0.2) is 0 Å². The third-order valence-corrected chi connectivity index (χ3v) is 5.01. The molecule has 4 heteroatoms. The van der Waals surface area contributed by atoms with Crippen LogP contribution in [-0.2, 0) is 0 Å². The van der Waals surface area contributed by atoms with Crippen molar-refractivity contribution in [3.05, 3.63) is 20.8 Å². The van der Waals surface area contributed by atoms with E-state index in [0.29, 0.717) is 6.04 Å². The molecule has 0 aromatic carbocycles. The van der Waals surface area contributed by atoms with Gasteiger partial charge in [-0.05, 0) is 39.2 Å². The summed E-state index contributed by atoms with van der Waals surface area (Å²) in [6.07, 6.45) is 6.71. The second-order valence-electron chi connectivity index (χ2n) is 4.28. The molecular formula is C11H17BrN2S. The Morgan fingerprint density at radius 2 is 2.20 bits per heavy atom. The van der Waals surface area contributed by atoms with Crippen LogP contribution in [0.3, 0.4) is 0 Å². The maximum absolute atomic E-state index is 5.64. The van der Waals surface area contributed by atoms with Crippen LogP contribution in [0.1, 0.15) is 43.7 Å². The van der Waals surface area contributed by atoms with Crippen molar-refractivity contribution in [2.24, 2.45) is 11.8 Å². The molecule has 1 heterocycles. The lowest BCUT2D eigenvalue weighted by molar-refractivity contribution is 0.400. The molecule has 2 nitrogen and oxygen atoms in total. The number of hydrogen-bond acceptors (Lipinski definition) is 3. The summed E-state index contributed by atoms with van der Waals surface area (Å²) in [4.78, 5) is 0. The van der Waals surface area contributed by atoms with E-state index < -0.39 is 0 Å². The van der Waals surface area contributed by atoms with E-state index in [1.165, 1.54) is 42.1 Å². The maximum atomic E-state index is 5.64. The molecule has 1 aromatic heterocycles. The minimum absolute atomic E-state index is 0.314. The minimum atomic E-state index is 0.314. The van der Waals surface area contributed by atoms with Gasteiger partial charge in [-0.1, -0.05) is 25.7 Å². The van der Waals surface area contributed by atoms with Crippen LogP contribution < -0.4 is 11.3 Å². The van der Waals surface area contributed by atoms with E-state index in [1.54, 1.807) is 11.3 Å². The first kappa shape index (κ1) is 11.6. The van der Waals surface area contributed by atoms with Crippen molar-refractivity contribution in [2.75, 3.05) is 0 Å². The van der Waals surface area contributed by atoms with Gasteiger partial charge in [0.05, 0.1) is 0 Å². The standard InChI is InChI=1S/C11H17BrN2S/c12-10-7-15-6-9(10)11(14-13)5-8-3-1-2-4-8/h6-8,11,14H,1-5,13H2. The zero-order valence-electron chi connectivity index (χ0n) is 8.71. The molecule has 3 N–H and O–H groups in total. The fourth-order valence-corrected chi connectivity index (χ4v) is 4.03. The molecule has 0 spiro atoms.